The third-order valence-corrected chi connectivity index (χ3v) is 2.61. The van der Waals surface area contributed by atoms with Gasteiger partial charge in [0.05, 0.1) is 0 Å². The Morgan fingerprint density at radius 3 is 2.72 bits per heavy atom. The number of amides is 1. The molecule has 5 heteroatoms. The number of nitrogens with one attached hydrogen (secondary N) is 2. The number of H-pyrrole nitrogens is 1. The zero-order valence-electron chi connectivity index (χ0n) is 9.93. The second-order valence-corrected chi connectivity index (χ2v) is 3.92. The number of rotatable bonds is 3. The molecular formula is C13H13N3O2. The summed E-state index contributed by atoms with van der Waals surface area (Å²) in [6.45, 7) is 2.42. The number of hydrogen-bond donors (Lipinski definition) is 2. The predicted octanol–water partition coefficient (Wildman–Crippen LogP) is 1.01. The van der Waals surface area contributed by atoms with E-state index >= 15 is 0 Å². The Balaban J connectivity index is 2.03. The lowest BCUT2D eigenvalue weighted by Crippen LogP contribution is -2.25. The summed E-state index contributed by atoms with van der Waals surface area (Å²) < 4.78 is 0. The van der Waals surface area contributed by atoms with Crippen molar-refractivity contribution >= 4 is 5.91 Å². The maximum atomic E-state index is 11.7. The van der Waals surface area contributed by atoms with Crippen LogP contribution in [-0.2, 0) is 6.54 Å². The highest BCUT2D eigenvalue weighted by Crippen LogP contribution is 2.06. The van der Waals surface area contributed by atoms with Crippen LogP contribution in [0.5, 0.6) is 0 Å². The number of aromatic nitrogens is 2. The summed E-state index contributed by atoms with van der Waals surface area (Å²) >= 11 is 0. The van der Waals surface area contributed by atoms with E-state index in [2.05, 4.69) is 15.5 Å². The summed E-state index contributed by atoms with van der Waals surface area (Å²) in [4.78, 5) is 22.6. The fourth-order valence-corrected chi connectivity index (χ4v) is 1.55. The van der Waals surface area contributed by atoms with Crippen molar-refractivity contribution in [1.82, 2.24) is 15.5 Å². The van der Waals surface area contributed by atoms with Crippen molar-refractivity contribution in [2.45, 2.75) is 13.5 Å². The van der Waals surface area contributed by atoms with E-state index in [1.807, 2.05) is 31.2 Å². The molecule has 1 heterocycles. The number of nitrogens with zero attached hydrogens (tertiary/aromatic N) is 1. The first-order valence-corrected chi connectivity index (χ1v) is 5.55. The van der Waals surface area contributed by atoms with Crippen LogP contribution in [0.15, 0.2) is 41.2 Å². The van der Waals surface area contributed by atoms with Crippen LogP contribution in [0.2, 0.25) is 0 Å². The third-order valence-electron chi connectivity index (χ3n) is 2.61. The molecule has 2 aromatic rings. The number of benzene rings is 1. The minimum atomic E-state index is -0.328. The van der Waals surface area contributed by atoms with Gasteiger partial charge in [0.15, 0.2) is 0 Å². The summed E-state index contributed by atoms with van der Waals surface area (Å²) in [6, 6.07) is 10.5. The second kappa shape index (κ2) is 5.27. The SMILES string of the molecule is Cc1ccccc1CNC(=O)c1ccc(=O)[nH]n1. The first kappa shape index (κ1) is 12.0. The molecule has 2 rings (SSSR count). The van der Waals surface area contributed by atoms with Crippen molar-refractivity contribution in [3.63, 3.8) is 0 Å². The zero-order valence-corrected chi connectivity index (χ0v) is 9.93. The van der Waals surface area contributed by atoms with Gasteiger partial charge >= 0.3 is 0 Å². The van der Waals surface area contributed by atoms with Crippen molar-refractivity contribution in [2.75, 3.05) is 0 Å². The molecule has 0 unspecified atom stereocenters. The normalized spacial score (nSPS) is 10.1. The van der Waals surface area contributed by atoms with Gasteiger partial charge in [-0.3, -0.25) is 9.59 Å². The van der Waals surface area contributed by atoms with Crippen LogP contribution >= 0.6 is 0 Å². The lowest BCUT2D eigenvalue weighted by Gasteiger charge is -2.06. The van der Waals surface area contributed by atoms with Crippen LogP contribution < -0.4 is 10.9 Å². The highest BCUT2D eigenvalue weighted by molar-refractivity contribution is 5.91. The lowest BCUT2D eigenvalue weighted by atomic mass is 10.1. The topological polar surface area (TPSA) is 74.8 Å². The molecule has 92 valence electrons. The largest absolute Gasteiger partial charge is 0.347 e. The van der Waals surface area contributed by atoms with Gasteiger partial charge in [-0.2, -0.15) is 5.10 Å². The van der Waals surface area contributed by atoms with E-state index in [9.17, 15) is 9.59 Å². The molecule has 0 fully saturated rings. The lowest BCUT2D eigenvalue weighted by molar-refractivity contribution is 0.0944. The molecule has 0 bridgehead atoms. The van der Waals surface area contributed by atoms with E-state index in [0.29, 0.717) is 6.54 Å². The molecule has 0 saturated carbocycles. The molecule has 0 spiro atoms. The van der Waals surface area contributed by atoms with Gasteiger partial charge in [0.25, 0.3) is 11.5 Å². The van der Waals surface area contributed by atoms with Gasteiger partial charge in [-0.05, 0) is 24.1 Å². The zero-order chi connectivity index (χ0) is 13.0. The Hall–Kier alpha value is -2.43. The van der Waals surface area contributed by atoms with Crippen molar-refractivity contribution in [3.8, 4) is 0 Å². The third kappa shape index (κ3) is 2.82. The maximum Gasteiger partial charge on any atom is 0.271 e. The fraction of sp³-hybridized carbons (Fsp3) is 0.154. The van der Waals surface area contributed by atoms with Gasteiger partial charge in [0, 0.05) is 12.6 Å². The van der Waals surface area contributed by atoms with Crippen molar-refractivity contribution in [1.29, 1.82) is 0 Å². The second-order valence-electron chi connectivity index (χ2n) is 3.92. The molecule has 1 aromatic heterocycles. The monoisotopic (exact) mass is 243 g/mol. The van der Waals surface area contributed by atoms with Gasteiger partial charge < -0.3 is 5.32 Å². The fourth-order valence-electron chi connectivity index (χ4n) is 1.55. The summed E-state index contributed by atoms with van der Waals surface area (Å²) in [5.41, 5.74) is 2.04. The molecule has 0 saturated heterocycles. The highest BCUT2D eigenvalue weighted by Gasteiger charge is 2.07. The van der Waals surface area contributed by atoms with Crippen molar-refractivity contribution in [2.24, 2.45) is 0 Å². The molecule has 1 amide bonds. The van der Waals surface area contributed by atoms with E-state index in [1.54, 1.807) is 0 Å². The van der Waals surface area contributed by atoms with Gasteiger partial charge in [-0.15, -0.1) is 0 Å². The van der Waals surface area contributed by atoms with Crippen molar-refractivity contribution in [3.05, 3.63) is 63.6 Å². The number of aryl methyl sites for hydroxylation is 1. The van der Waals surface area contributed by atoms with E-state index in [-0.39, 0.29) is 17.2 Å². The summed E-state index contributed by atoms with van der Waals surface area (Å²) in [6.07, 6.45) is 0. The molecule has 0 atom stereocenters. The molecule has 0 aliphatic heterocycles. The molecule has 0 radical (unpaired) electrons. The summed E-state index contributed by atoms with van der Waals surface area (Å²) in [7, 11) is 0. The van der Waals surface area contributed by atoms with Gasteiger partial charge in [-0.25, -0.2) is 5.10 Å². The summed E-state index contributed by atoms with van der Waals surface area (Å²) in [5, 5.41) is 8.64. The van der Waals surface area contributed by atoms with E-state index in [4.69, 9.17) is 0 Å². The molecule has 1 aromatic carbocycles. The molecule has 5 nitrogen and oxygen atoms in total. The first-order valence-electron chi connectivity index (χ1n) is 5.55. The van der Waals surface area contributed by atoms with Crippen LogP contribution in [0.3, 0.4) is 0 Å². The van der Waals surface area contributed by atoms with Crippen molar-refractivity contribution < 1.29 is 4.79 Å². The summed E-state index contributed by atoms with van der Waals surface area (Å²) in [5.74, 6) is -0.311. The Labute approximate surface area is 104 Å². The Morgan fingerprint density at radius 1 is 1.28 bits per heavy atom. The predicted molar refractivity (Wildman–Crippen MR) is 67.2 cm³/mol. The molecule has 0 aliphatic carbocycles. The van der Waals surface area contributed by atoms with Crippen LogP contribution in [0.1, 0.15) is 21.6 Å². The molecule has 0 aliphatic rings. The van der Waals surface area contributed by atoms with E-state index in [1.165, 1.54) is 12.1 Å². The first-order chi connectivity index (χ1) is 8.66. The Morgan fingerprint density at radius 2 is 2.06 bits per heavy atom. The van der Waals surface area contributed by atoms with Crippen LogP contribution in [0.4, 0.5) is 0 Å². The van der Waals surface area contributed by atoms with Crippen LogP contribution in [0, 0.1) is 6.92 Å². The maximum absolute atomic E-state index is 11.7. The minimum Gasteiger partial charge on any atom is -0.347 e. The number of carbonyl (C=O) groups excluding carboxylic acids is 1. The molecule has 2 N–H and O–H groups in total. The molecular weight excluding hydrogens is 230 g/mol. The quantitative estimate of drug-likeness (QED) is 0.844. The Bertz CT molecular complexity index is 599. The minimum absolute atomic E-state index is 0.197. The van der Waals surface area contributed by atoms with Crippen LogP contribution in [-0.4, -0.2) is 16.1 Å². The standard InChI is InChI=1S/C13H13N3O2/c1-9-4-2-3-5-10(9)8-14-13(18)11-6-7-12(17)16-15-11/h2-7H,8H2,1H3,(H,14,18)(H,16,17). The number of aromatic amines is 1. The average molecular weight is 243 g/mol. The average Bonchev–Trinajstić information content (AvgIpc) is 2.38. The van der Waals surface area contributed by atoms with E-state index < -0.39 is 0 Å². The van der Waals surface area contributed by atoms with Gasteiger partial charge in [0.2, 0.25) is 0 Å². The highest BCUT2D eigenvalue weighted by atomic mass is 16.2. The Kier molecular flexibility index (Phi) is 3.52. The van der Waals surface area contributed by atoms with Gasteiger partial charge in [-0.1, -0.05) is 24.3 Å². The smallest absolute Gasteiger partial charge is 0.271 e. The van der Waals surface area contributed by atoms with Gasteiger partial charge in [0.1, 0.15) is 5.69 Å². The molecule has 18 heavy (non-hydrogen) atoms. The van der Waals surface area contributed by atoms with E-state index in [0.717, 1.165) is 11.1 Å². The number of hydrogen-bond acceptors (Lipinski definition) is 3. The number of carbonyl (C=O) groups is 1. The van der Waals surface area contributed by atoms with Crippen LogP contribution in [0.25, 0.3) is 0 Å².